The summed E-state index contributed by atoms with van der Waals surface area (Å²) in [6.45, 7) is 18.4. The molecule has 0 aliphatic carbocycles. The van der Waals surface area contributed by atoms with Gasteiger partial charge in [0.25, 0.3) is 0 Å². The van der Waals surface area contributed by atoms with Gasteiger partial charge in [0.05, 0.1) is 42.5 Å². The minimum absolute atomic E-state index is 0.0905. The van der Waals surface area contributed by atoms with Gasteiger partial charge in [0.15, 0.2) is 11.6 Å². The number of allylic oxidation sites excluding steroid dienone is 2. The Kier molecular flexibility index (Phi) is 33.0. The van der Waals surface area contributed by atoms with Gasteiger partial charge in [-0.25, -0.2) is 0 Å². The zero-order valence-electron chi connectivity index (χ0n) is 50.0. The average Bonchev–Trinajstić information content (AvgIpc) is 3.41. The van der Waals surface area contributed by atoms with Gasteiger partial charge in [-0.05, 0) is 112 Å². The van der Waals surface area contributed by atoms with Crippen molar-refractivity contribution in [2.75, 3.05) is 0 Å². The van der Waals surface area contributed by atoms with E-state index in [1.807, 2.05) is 26.0 Å². The third-order valence-electron chi connectivity index (χ3n) is 13.7. The largest absolute Gasteiger partial charge is 0.481 e. The van der Waals surface area contributed by atoms with Crippen LogP contribution in [0.2, 0.25) is 0 Å². The van der Waals surface area contributed by atoms with E-state index in [0.29, 0.717) is 32.1 Å². The van der Waals surface area contributed by atoms with Crippen LogP contribution in [0, 0.1) is 11.8 Å². The Morgan fingerprint density at radius 2 is 1.01 bits per heavy atom. The summed E-state index contributed by atoms with van der Waals surface area (Å²) in [6, 6.07) is -11.8. The second-order valence-corrected chi connectivity index (χ2v) is 22.1. The lowest BCUT2D eigenvalue weighted by atomic mass is 9.89. The fourth-order valence-corrected chi connectivity index (χ4v) is 8.28. The molecule has 0 heterocycles. The number of nitrogens with two attached hydrogens (primary N) is 4. The Bertz CT molecular complexity index is 2350. The van der Waals surface area contributed by atoms with Crippen LogP contribution in [0.1, 0.15) is 160 Å². The maximum Gasteiger partial charge on any atom is 0.305 e. The van der Waals surface area contributed by atoms with Gasteiger partial charge in [-0.15, -0.1) is 0 Å². The molecule has 83 heavy (non-hydrogen) atoms. The first-order valence-electron chi connectivity index (χ1n) is 27.7. The van der Waals surface area contributed by atoms with Crippen LogP contribution in [-0.4, -0.2) is 164 Å². The fraction of sp³-hybridized carbons (Fsp3) is 0.704. The highest BCUT2D eigenvalue weighted by atomic mass is 16.4. The number of carbonyl (C=O) groups is 14. The number of nitrogens with one attached hydrogen (secondary N) is 9. The standard InChI is InChI=1S/C54H93N13O16/c1-13-29(6)44(64-45(76)30(7)59-47(78)36(25-40(57)73)62-46(77)34(20-21-38(55)71)60-49(80)42(58)32(9)69)51(82)63-37(26-41(74)75)48(79)67-53(11,33(10)70)22-18-16-14-15-17-19-23-54(12,66-28(4)5)52(83)65-43(27(2)3)50(81)61-35(31(8)68)24-39(56)72/h14-15,27-30,32,34-37,42-44,66,69H,13,16-26,58H2,1-12H3,(H2,55,71)(H2,56,72)(H2,57,73)(H,59,78)(H,60,80)(H,61,81)(H,62,77)(H,63,82)(H,64,76)(H,65,83)(H,67,79)(H,74,75)/b15-14-/t29-,30-,32+,34-,35-,36-,37-,42-,43-,44-,53-,54-/m0/s1. The van der Waals surface area contributed by atoms with Gasteiger partial charge >= 0.3 is 5.97 Å². The molecule has 470 valence electrons. The Morgan fingerprint density at radius 3 is 1.47 bits per heavy atom. The van der Waals surface area contributed by atoms with Crippen LogP contribution in [0.15, 0.2) is 12.2 Å². The third-order valence-corrected chi connectivity index (χ3v) is 13.7. The molecule has 0 unspecified atom stereocenters. The molecule has 0 saturated heterocycles. The molecule has 11 amide bonds. The Hall–Kier alpha value is -7.40. The Labute approximate surface area is 485 Å². The lowest BCUT2D eigenvalue weighted by Crippen LogP contribution is -2.62. The van der Waals surface area contributed by atoms with E-state index in [1.165, 1.54) is 34.6 Å². The second kappa shape index (κ2) is 36.2. The number of amides is 11. The van der Waals surface area contributed by atoms with Crippen LogP contribution < -0.4 is 70.8 Å². The van der Waals surface area contributed by atoms with Crippen LogP contribution in [0.4, 0.5) is 0 Å². The molecule has 0 aliphatic heterocycles. The summed E-state index contributed by atoms with van der Waals surface area (Å²) < 4.78 is 0. The number of primary amides is 3. The average molecular weight is 1180 g/mol. The van der Waals surface area contributed by atoms with Gasteiger partial charge in [-0.1, -0.05) is 46.3 Å². The number of Topliss-reactive ketones (excluding diaryl/α,β-unsaturated/α-hetero) is 2. The van der Waals surface area contributed by atoms with Crippen molar-refractivity contribution in [1.29, 1.82) is 0 Å². The zero-order chi connectivity index (χ0) is 64.3. The minimum Gasteiger partial charge on any atom is -0.481 e. The summed E-state index contributed by atoms with van der Waals surface area (Å²) in [7, 11) is 0. The van der Waals surface area contributed by atoms with E-state index in [4.69, 9.17) is 22.9 Å². The van der Waals surface area contributed by atoms with Crippen molar-refractivity contribution < 1.29 is 77.3 Å². The molecule has 0 aromatic carbocycles. The maximum absolute atomic E-state index is 13.9. The summed E-state index contributed by atoms with van der Waals surface area (Å²) in [5.41, 5.74) is 18.8. The van der Waals surface area contributed by atoms with Gasteiger partial charge in [0.2, 0.25) is 65.0 Å². The number of carbonyl (C=O) groups excluding carboxylic acids is 13. The fourth-order valence-electron chi connectivity index (χ4n) is 8.28. The van der Waals surface area contributed by atoms with Crippen molar-refractivity contribution in [3.8, 4) is 0 Å². The number of aliphatic hydroxyl groups is 1. The van der Waals surface area contributed by atoms with E-state index >= 15 is 0 Å². The van der Waals surface area contributed by atoms with Crippen molar-refractivity contribution in [3.05, 3.63) is 12.2 Å². The quantitative estimate of drug-likeness (QED) is 0.0214. The summed E-state index contributed by atoms with van der Waals surface area (Å²) in [6.07, 6.45) is 1.99. The Balaban J connectivity index is 6.06. The first-order chi connectivity index (χ1) is 38.3. The highest BCUT2D eigenvalue weighted by Crippen LogP contribution is 2.20. The van der Waals surface area contributed by atoms with E-state index in [2.05, 4.69) is 47.9 Å². The predicted molar refractivity (Wildman–Crippen MR) is 303 cm³/mol. The van der Waals surface area contributed by atoms with Gasteiger partial charge in [0, 0.05) is 12.5 Å². The van der Waals surface area contributed by atoms with Crippen LogP contribution in [-0.2, 0) is 67.1 Å². The normalized spacial score (nSPS) is 16.5. The van der Waals surface area contributed by atoms with Crippen LogP contribution >= 0.6 is 0 Å². The first kappa shape index (κ1) is 75.6. The lowest BCUT2D eigenvalue weighted by Gasteiger charge is -2.34. The predicted octanol–water partition coefficient (Wildman–Crippen LogP) is -2.99. The molecular formula is C54H93N13O16. The lowest BCUT2D eigenvalue weighted by molar-refractivity contribution is -0.142. The van der Waals surface area contributed by atoms with Gasteiger partial charge < -0.3 is 81.0 Å². The number of hydrogen-bond donors (Lipinski definition) is 15. The number of aliphatic carboxylic acids is 1. The van der Waals surface area contributed by atoms with Gasteiger partial charge in [-0.2, -0.15) is 0 Å². The zero-order valence-corrected chi connectivity index (χ0v) is 50.0. The van der Waals surface area contributed by atoms with Crippen LogP contribution in [0.3, 0.4) is 0 Å². The topological polar surface area (TPSA) is 492 Å². The maximum atomic E-state index is 13.9. The molecule has 0 aromatic rings. The monoisotopic (exact) mass is 1180 g/mol. The van der Waals surface area contributed by atoms with E-state index in [-0.39, 0.29) is 25.3 Å². The molecular weight excluding hydrogens is 1090 g/mol. The number of aliphatic hydroxyl groups excluding tert-OH is 1. The highest BCUT2D eigenvalue weighted by Gasteiger charge is 2.40. The van der Waals surface area contributed by atoms with Gasteiger partial charge in [0.1, 0.15) is 42.3 Å². The Morgan fingerprint density at radius 1 is 0.542 bits per heavy atom. The molecule has 0 spiro atoms. The van der Waals surface area contributed by atoms with E-state index in [1.54, 1.807) is 34.6 Å². The summed E-state index contributed by atoms with van der Waals surface area (Å²) in [4.78, 5) is 180. The smallest absolute Gasteiger partial charge is 0.305 e. The number of carboxylic acid groups (broad SMARTS) is 1. The molecule has 12 atom stereocenters. The summed E-state index contributed by atoms with van der Waals surface area (Å²) >= 11 is 0. The third kappa shape index (κ3) is 28.0. The summed E-state index contributed by atoms with van der Waals surface area (Å²) in [5, 5.41) is 42.4. The second-order valence-electron chi connectivity index (χ2n) is 22.1. The van der Waals surface area contributed by atoms with Gasteiger partial charge in [-0.3, -0.25) is 67.1 Å². The first-order valence-corrected chi connectivity index (χ1v) is 27.7. The van der Waals surface area contributed by atoms with Crippen molar-refractivity contribution in [1.82, 2.24) is 47.9 Å². The molecule has 0 fully saturated rings. The molecule has 0 saturated carbocycles. The van der Waals surface area contributed by atoms with Crippen molar-refractivity contribution in [2.24, 2.45) is 34.8 Å². The SMILES string of the molecule is CC[C@H](C)[C@H](NC(=O)[C@H](C)NC(=O)[C@H](CC(N)=O)NC(=O)[C@H](CCC(N)=O)NC(=O)[C@@H](N)[C@@H](C)O)C(=O)N[C@@H](CC(=O)O)C(=O)N[C@@](C)(CCC/C=C\CCC[C@](C)(NC(C)C)C(=O)N[C@H](C(=O)N[C@@H](CC(N)=O)C(C)=O)C(C)C)C(C)=O. The number of unbranched alkanes of at least 4 members (excludes halogenated alkanes) is 2. The number of carboxylic acids is 1. The molecule has 29 heteroatoms. The van der Waals surface area contributed by atoms with Crippen LogP contribution in [0.25, 0.3) is 0 Å². The molecule has 0 radical (unpaired) electrons. The number of hydrogen-bond acceptors (Lipinski definition) is 17. The van der Waals surface area contributed by atoms with E-state index < -0.39 is 186 Å². The van der Waals surface area contributed by atoms with E-state index in [0.717, 1.165) is 0 Å². The minimum atomic E-state index is -1.76. The summed E-state index contributed by atoms with van der Waals surface area (Å²) in [5.74, 6) is -13.5. The molecule has 0 aliphatic rings. The van der Waals surface area contributed by atoms with Crippen molar-refractivity contribution in [3.63, 3.8) is 0 Å². The van der Waals surface area contributed by atoms with E-state index in [9.17, 15) is 77.3 Å². The molecule has 0 bridgehead atoms. The highest BCUT2D eigenvalue weighted by molar-refractivity contribution is 6.00. The molecule has 19 N–H and O–H groups in total. The van der Waals surface area contributed by atoms with Crippen molar-refractivity contribution in [2.45, 2.75) is 232 Å². The number of ketones is 2. The number of rotatable bonds is 41. The molecule has 0 aromatic heterocycles. The van der Waals surface area contributed by atoms with Crippen molar-refractivity contribution >= 4 is 82.5 Å². The molecule has 0 rings (SSSR count). The van der Waals surface area contributed by atoms with Crippen LogP contribution in [0.5, 0.6) is 0 Å². The molecule has 29 nitrogen and oxygen atoms in total.